The number of nitrogens with one attached hydrogen (secondary N) is 1. The molecule has 24 heavy (non-hydrogen) atoms. The molecule has 1 atom stereocenters. The van der Waals surface area contributed by atoms with Crippen LogP contribution in [0.3, 0.4) is 0 Å². The molecule has 8 heteroatoms. The van der Waals surface area contributed by atoms with Crippen molar-refractivity contribution in [2.75, 3.05) is 19.6 Å². The minimum absolute atomic E-state index is 0.0313. The van der Waals surface area contributed by atoms with E-state index in [-0.39, 0.29) is 6.03 Å². The maximum atomic E-state index is 12.3. The normalized spacial score (nSPS) is 17.9. The van der Waals surface area contributed by atoms with Crippen molar-refractivity contribution in [1.82, 2.24) is 29.5 Å². The number of rotatable bonds is 6. The van der Waals surface area contributed by atoms with Crippen LogP contribution < -0.4 is 5.32 Å². The van der Waals surface area contributed by atoms with Crippen molar-refractivity contribution in [1.29, 1.82) is 0 Å². The van der Waals surface area contributed by atoms with Crippen LogP contribution in [0, 0.1) is 5.92 Å². The van der Waals surface area contributed by atoms with Gasteiger partial charge in [-0.15, -0.1) is 0 Å². The van der Waals surface area contributed by atoms with Gasteiger partial charge in [0, 0.05) is 51.3 Å². The van der Waals surface area contributed by atoms with Crippen molar-refractivity contribution < 1.29 is 4.79 Å². The Balaban J connectivity index is 1.38. The van der Waals surface area contributed by atoms with Gasteiger partial charge in [0.25, 0.3) is 0 Å². The van der Waals surface area contributed by atoms with Crippen LogP contribution in [0.15, 0.2) is 31.1 Å². The molecule has 0 spiro atoms. The van der Waals surface area contributed by atoms with E-state index in [9.17, 15) is 4.79 Å². The summed E-state index contributed by atoms with van der Waals surface area (Å²) in [7, 11) is 0. The van der Waals surface area contributed by atoms with Gasteiger partial charge in [-0.3, -0.25) is 4.68 Å². The Hall–Kier alpha value is -2.02. The molecule has 1 N–H and O–H groups in total. The summed E-state index contributed by atoms with van der Waals surface area (Å²) in [5, 5.41) is 7.76. The molecule has 2 aromatic rings. The second-order valence-corrected chi connectivity index (χ2v) is 6.66. The van der Waals surface area contributed by atoms with Crippen LogP contribution in [0.4, 0.5) is 4.79 Å². The number of carbonyl (C=O) groups excluding carboxylic acids is 1. The molecule has 1 fully saturated rings. The van der Waals surface area contributed by atoms with E-state index in [0.717, 1.165) is 45.4 Å². The zero-order valence-electron chi connectivity index (χ0n) is 13.6. The number of urea groups is 1. The first-order valence-electron chi connectivity index (χ1n) is 8.37. The van der Waals surface area contributed by atoms with Crippen LogP contribution >= 0.6 is 11.6 Å². The van der Waals surface area contributed by atoms with Gasteiger partial charge >= 0.3 is 6.03 Å². The lowest BCUT2D eigenvalue weighted by Gasteiger charge is -2.33. The van der Waals surface area contributed by atoms with Crippen molar-refractivity contribution in [3.63, 3.8) is 0 Å². The summed E-state index contributed by atoms with van der Waals surface area (Å²) in [6.45, 7) is 3.94. The first-order valence-corrected chi connectivity index (χ1v) is 8.75. The molecule has 1 aliphatic rings. The van der Waals surface area contributed by atoms with Crippen molar-refractivity contribution in [2.45, 2.75) is 32.4 Å². The van der Waals surface area contributed by atoms with Crippen LogP contribution in [0.2, 0.25) is 5.02 Å². The monoisotopic (exact) mass is 350 g/mol. The minimum Gasteiger partial charge on any atom is -0.338 e. The van der Waals surface area contributed by atoms with E-state index in [0.29, 0.717) is 17.5 Å². The maximum Gasteiger partial charge on any atom is 0.317 e. The maximum absolute atomic E-state index is 12.3. The smallest absolute Gasteiger partial charge is 0.317 e. The third kappa shape index (κ3) is 4.74. The summed E-state index contributed by atoms with van der Waals surface area (Å²) < 4.78 is 3.87. The molecular formula is C16H23ClN6O. The molecule has 0 aliphatic carbocycles. The van der Waals surface area contributed by atoms with Crippen LogP contribution in [0.1, 0.15) is 19.3 Å². The molecule has 2 aromatic heterocycles. The third-order valence-electron chi connectivity index (χ3n) is 4.28. The third-order valence-corrected chi connectivity index (χ3v) is 4.47. The van der Waals surface area contributed by atoms with Crippen LogP contribution in [0.5, 0.6) is 0 Å². The highest BCUT2D eigenvalue weighted by Gasteiger charge is 2.23. The SMILES string of the molecule is O=C(NCCCn1cc(Cl)cn1)N1CCCC(Cn2ccnc2)C1. The molecule has 0 aromatic carbocycles. The summed E-state index contributed by atoms with van der Waals surface area (Å²) in [4.78, 5) is 18.3. The van der Waals surface area contributed by atoms with Crippen molar-refractivity contribution in [2.24, 2.45) is 5.92 Å². The minimum atomic E-state index is 0.0313. The standard InChI is InChI=1S/C16H23ClN6O/c17-15-9-20-23(12-15)7-2-4-19-16(24)22-6-1-3-14(11-22)10-21-8-5-18-13-21/h5,8-9,12-14H,1-4,6-7,10-11H2,(H,19,24). The van der Waals surface area contributed by atoms with Gasteiger partial charge < -0.3 is 14.8 Å². The number of piperidine rings is 1. The zero-order valence-corrected chi connectivity index (χ0v) is 14.4. The zero-order chi connectivity index (χ0) is 16.8. The van der Waals surface area contributed by atoms with Crippen molar-refractivity contribution in [3.05, 3.63) is 36.1 Å². The molecule has 3 heterocycles. The number of halogens is 1. The van der Waals surface area contributed by atoms with Gasteiger partial charge in [-0.1, -0.05) is 11.6 Å². The van der Waals surface area contributed by atoms with Crippen LogP contribution in [-0.2, 0) is 13.1 Å². The Bertz CT molecular complexity index is 641. The predicted molar refractivity (Wildman–Crippen MR) is 91.8 cm³/mol. The number of likely N-dealkylation sites (tertiary alicyclic amines) is 1. The Morgan fingerprint density at radius 3 is 3.12 bits per heavy atom. The van der Waals surface area contributed by atoms with Gasteiger partial charge in [-0.2, -0.15) is 5.10 Å². The largest absolute Gasteiger partial charge is 0.338 e. The number of aromatic nitrogens is 4. The number of hydrogen-bond acceptors (Lipinski definition) is 3. The molecule has 7 nitrogen and oxygen atoms in total. The van der Waals surface area contributed by atoms with Crippen LogP contribution in [0.25, 0.3) is 0 Å². The summed E-state index contributed by atoms with van der Waals surface area (Å²) in [5.41, 5.74) is 0. The molecule has 1 saturated heterocycles. The van der Waals surface area contributed by atoms with Crippen molar-refractivity contribution in [3.8, 4) is 0 Å². The van der Waals surface area contributed by atoms with E-state index in [1.54, 1.807) is 23.3 Å². The molecule has 3 rings (SSSR count). The number of hydrogen-bond donors (Lipinski definition) is 1. The topological polar surface area (TPSA) is 68.0 Å². The second-order valence-electron chi connectivity index (χ2n) is 6.22. The summed E-state index contributed by atoms with van der Waals surface area (Å²) >= 11 is 5.82. The van der Waals surface area contributed by atoms with E-state index in [1.807, 2.05) is 17.4 Å². The number of aryl methyl sites for hydroxylation is 1. The number of imidazole rings is 1. The summed E-state index contributed by atoms with van der Waals surface area (Å²) in [5.74, 6) is 0.491. The van der Waals surface area contributed by atoms with Gasteiger partial charge in [-0.05, 0) is 25.2 Å². The first kappa shape index (κ1) is 16.8. The lowest BCUT2D eigenvalue weighted by atomic mass is 9.98. The van der Waals surface area contributed by atoms with Gasteiger partial charge in [0.1, 0.15) is 0 Å². The van der Waals surface area contributed by atoms with E-state index in [1.165, 1.54) is 0 Å². The van der Waals surface area contributed by atoms with Crippen LogP contribution in [-0.4, -0.2) is 49.9 Å². The van der Waals surface area contributed by atoms with E-state index < -0.39 is 0 Å². The van der Waals surface area contributed by atoms with Gasteiger partial charge in [0.2, 0.25) is 0 Å². The second kappa shape index (κ2) is 8.19. The van der Waals surface area contributed by atoms with Gasteiger partial charge in [-0.25, -0.2) is 9.78 Å². The number of amides is 2. The highest BCUT2D eigenvalue weighted by atomic mass is 35.5. The molecule has 0 bridgehead atoms. The number of carbonyl (C=O) groups is 1. The molecule has 1 unspecified atom stereocenters. The fourth-order valence-corrected chi connectivity index (χ4v) is 3.26. The molecule has 130 valence electrons. The average molecular weight is 351 g/mol. The lowest BCUT2D eigenvalue weighted by molar-refractivity contribution is 0.159. The highest BCUT2D eigenvalue weighted by Crippen LogP contribution is 2.18. The summed E-state index contributed by atoms with van der Waals surface area (Å²) in [6, 6.07) is 0.0313. The molecule has 1 aliphatic heterocycles. The molecular weight excluding hydrogens is 328 g/mol. The Morgan fingerprint density at radius 1 is 1.46 bits per heavy atom. The Labute approximate surface area is 146 Å². The summed E-state index contributed by atoms with van der Waals surface area (Å²) in [6.07, 6.45) is 12.0. The Morgan fingerprint density at radius 2 is 2.38 bits per heavy atom. The lowest BCUT2D eigenvalue weighted by Crippen LogP contribution is -2.46. The van der Waals surface area contributed by atoms with E-state index in [4.69, 9.17) is 11.6 Å². The fourth-order valence-electron chi connectivity index (χ4n) is 3.10. The van der Waals surface area contributed by atoms with E-state index in [2.05, 4.69) is 20.0 Å². The van der Waals surface area contributed by atoms with Gasteiger partial charge in [0.15, 0.2) is 0 Å². The average Bonchev–Trinajstić information content (AvgIpc) is 3.23. The molecule has 2 amide bonds. The molecule has 0 radical (unpaired) electrons. The predicted octanol–water partition coefficient (Wildman–Crippen LogP) is 2.24. The highest BCUT2D eigenvalue weighted by molar-refractivity contribution is 6.30. The van der Waals surface area contributed by atoms with Crippen molar-refractivity contribution >= 4 is 17.6 Å². The van der Waals surface area contributed by atoms with E-state index >= 15 is 0 Å². The molecule has 0 saturated carbocycles. The Kier molecular flexibility index (Phi) is 5.74. The van der Waals surface area contributed by atoms with Gasteiger partial charge in [0.05, 0.1) is 17.5 Å². The first-order chi connectivity index (χ1) is 11.7. The number of nitrogens with zero attached hydrogens (tertiary/aromatic N) is 5. The quantitative estimate of drug-likeness (QED) is 0.812. The fraction of sp³-hybridized carbons (Fsp3) is 0.562.